The third-order valence-corrected chi connectivity index (χ3v) is 3.52. The van der Waals surface area contributed by atoms with Crippen LogP contribution in [0.5, 0.6) is 0 Å². The molecule has 4 nitrogen and oxygen atoms in total. The molecule has 0 aromatic heterocycles. The van der Waals surface area contributed by atoms with E-state index in [1.807, 2.05) is 0 Å². The van der Waals surface area contributed by atoms with Crippen molar-refractivity contribution < 1.29 is 9.47 Å². The number of nitrogens with zero attached hydrogens (tertiary/aromatic N) is 1. The molecular weight excluding hydrogens is 204 g/mol. The quantitative estimate of drug-likeness (QED) is 0.761. The van der Waals surface area contributed by atoms with Crippen LogP contribution in [-0.2, 0) is 9.47 Å². The second-order valence-corrected chi connectivity index (χ2v) is 5.30. The van der Waals surface area contributed by atoms with Crippen LogP contribution in [-0.4, -0.2) is 63.0 Å². The summed E-state index contributed by atoms with van der Waals surface area (Å²) in [6.45, 7) is 7.88. The van der Waals surface area contributed by atoms with Crippen LogP contribution < -0.4 is 5.32 Å². The van der Waals surface area contributed by atoms with Gasteiger partial charge in [-0.05, 0) is 33.4 Å². The third kappa shape index (κ3) is 3.42. The van der Waals surface area contributed by atoms with Gasteiger partial charge in [-0.2, -0.15) is 0 Å². The van der Waals surface area contributed by atoms with Gasteiger partial charge in [-0.3, -0.25) is 0 Å². The summed E-state index contributed by atoms with van der Waals surface area (Å²) in [6, 6.07) is 0. The van der Waals surface area contributed by atoms with E-state index in [2.05, 4.69) is 24.2 Å². The fraction of sp³-hybridized carbons (Fsp3) is 1.00. The number of piperidine rings is 1. The maximum atomic E-state index is 6.04. The number of nitrogens with one attached hydrogen (secondary N) is 1. The van der Waals surface area contributed by atoms with Crippen LogP contribution in [0.1, 0.15) is 19.8 Å². The molecule has 0 bridgehead atoms. The molecule has 2 aliphatic rings. The van der Waals surface area contributed by atoms with Gasteiger partial charge in [0.15, 0.2) is 0 Å². The predicted molar refractivity (Wildman–Crippen MR) is 63.7 cm³/mol. The molecule has 16 heavy (non-hydrogen) atoms. The highest BCUT2D eigenvalue weighted by molar-refractivity contribution is 4.83. The van der Waals surface area contributed by atoms with E-state index in [0.717, 1.165) is 45.8 Å². The molecule has 0 radical (unpaired) electrons. The lowest BCUT2D eigenvalue weighted by Gasteiger charge is -2.37. The largest absolute Gasteiger partial charge is 0.373 e. The Balaban J connectivity index is 1.73. The molecule has 2 aliphatic heterocycles. The van der Waals surface area contributed by atoms with Crippen molar-refractivity contribution in [2.75, 3.05) is 46.4 Å². The molecule has 2 heterocycles. The predicted octanol–water partition coefficient (Wildman–Crippen LogP) is 0.476. The van der Waals surface area contributed by atoms with E-state index < -0.39 is 0 Å². The van der Waals surface area contributed by atoms with E-state index >= 15 is 0 Å². The van der Waals surface area contributed by atoms with Crippen molar-refractivity contribution in [3.05, 3.63) is 0 Å². The van der Waals surface area contributed by atoms with Crippen molar-refractivity contribution in [3.8, 4) is 0 Å². The molecule has 0 spiro atoms. The summed E-state index contributed by atoms with van der Waals surface area (Å²) in [5.41, 5.74) is 0.0115. The number of rotatable bonds is 3. The van der Waals surface area contributed by atoms with Gasteiger partial charge in [0.05, 0.1) is 24.9 Å². The average molecular weight is 228 g/mol. The van der Waals surface area contributed by atoms with Gasteiger partial charge in [0, 0.05) is 19.6 Å². The monoisotopic (exact) mass is 228 g/mol. The summed E-state index contributed by atoms with van der Waals surface area (Å²) in [6.07, 6.45) is 2.61. The van der Waals surface area contributed by atoms with E-state index in [4.69, 9.17) is 9.47 Å². The zero-order valence-electron chi connectivity index (χ0n) is 10.5. The Bertz CT molecular complexity index is 217. The highest BCUT2D eigenvalue weighted by Gasteiger charge is 2.29. The molecule has 0 aromatic rings. The molecule has 0 aliphatic carbocycles. The summed E-state index contributed by atoms with van der Waals surface area (Å²) in [5.74, 6) is 0. The first-order chi connectivity index (χ1) is 7.68. The SMILES string of the molecule is CN1CCOC(COC2(C)CCCNC2)C1. The van der Waals surface area contributed by atoms with Gasteiger partial charge in [0.2, 0.25) is 0 Å². The Hall–Kier alpha value is -0.160. The highest BCUT2D eigenvalue weighted by atomic mass is 16.5. The fourth-order valence-corrected chi connectivity index (χ4v) is 2.41. The van der Waals surface area contributed by atoms with Gasteiger partial charge in [-0.25, -0.2) is 0 Å². The minimum absolute atomic E-state index is 0.0115. The van der Waals surface area contributed by atoms with Crippen LogP contribution in [0.25, 0.3) is 0 Å². The molecule has 1 N–H and O–H groups in total. The maximum Gasteiger partial charge on any atom is 0.0935 e. The van der Waals surface area contributed by atoms with Gasteiger partial charge < -0.3 is 19.7 Å². The van der Waals surface area contributed by atoms with Crippen LogP contribution in [0.15, 0.2) is 0 Å². The molecule has 4 heteroatoms. The van der Waals surface area contributed by atoms with Crippen molar-refractivity contribution in [2.45, 2.75) is 31.5 Å². The van der Waals surface area contributed by atoms with Crippen molar-refractivity contribution in [1.82, 2.24) is 10.2 Å². The zero-order valence-corrected chi connectivity index (χ0v) is 10.5. The highest BCUT2D eigenvalue weighted by Crippen LogP contribution is 2.20. The Morgan fingerprint density at radius 3 is 3.12 bits per heavy atom. The summed E-state index contributed by atoms with van der Waals surface area (Å²) in [5, 5.41) is 3.40. The first kappa shape index (κ1) is 12.3. The number of hydrogen-bond acceptors (Lipinski definition) is 4. The lowest BCUT2D eigenvalue weighted by Crippen LogP contribution is -2.49. The molecule has 94 valence electrons. The minimum atomic E-state index is 0.0115. The van der Waals surface area contributed by atoms with E-state index in [0.29, 0.717) is 0 Å². The lowest BCUT2D eigenvalue weighted by atomic mass is 9.96. The molecule has 2 fully saturated rings. The van der Waals surface area contributed by atoms with E-state index in [1.165, 1.54) is 6.42 Å². The van der Waals surface area contributed by atoms with E-state index in [-0.39, 0.29) is 11.7 Å². The van der Waals surface area contributed by atoms with Crippen LogP contribution in [0.4, 0.5) is 0 Å². The number of ether oxygens (including phenoxy) is 2. The Kier molecular flexibility index (Phi) is 4.19. The number of hydrogen-bond donors (Lipinski definition) is 1. The second-order valence-electron chi connectivity index (χ2n) is 5.30. The second kappa shape index (κ2) is 5.45. The van der Waals surface area contributed by atoms with Crippen molar-refractivity contribution in [1.29, 1.82) is 0 Å². The topological polar surface area (TPSA) is 33.7 Å². The third-order valence-electron chi connectivity index (χ3n) is 3.52. The fourth-order valence-electron chi connectivity index (χ4n) is 2.41. The molecule has 2 saturated heterocycles. The average Bonchev–Trinajstić information content (AvgIpc) is 2.28. The summed E-state index contributed by atoms with van der Waals surface area (Å²) < 4.78 is 11.7. The standard InChI is InChI=1S/C12H24N2O2/c1-12(4-3-5-13-10-12)16-9-11-8-14(2)6-7-15-11/h11,13H,3-10H2,1-2H3. The van der Waals surface area contributed by atoms with Crippen LogP contribution in [0, 0.1) is 0 Å². The smallest absolute Gasteiger partial charge is 0.0935 e. The van der Waals surface area contributed by atoms with E-state index in [1.54, 1.807) is 0 Å². The zero-order chi connectivity index (χ0) is 11.4. The molecule has 0 amide bonds. The molecule has 2 unspecified atom stereocenters. The van der Waals surface area contributed by atoms with E-state index in [9.17, 15) is 0 Å². The number of likely N-dealkylation sites (N-methyl/N-ethyl adjacent to an activating group) is 1. The molecule has 2 atom stereocenters. The molecule has 0 saturated carbocycles. The Morgan fingerprint density at radius 2 is 2.44 bits per heavy atom. The Labute approximate surface area is 98.3 Å². The summed E-state index contributed by atoms with van der Waals surface area (Å²) >= 11 is 0. The Morgan fingerprint density at radius 1 is 1.56 bits per heavy atom. The van der Waals surface area contributed by atoms with Gasteiger partial charge >= 0.3 is 0 Å². The minimum Gasteiger partial charge on any atom is -0.373 e. The number of morpholine rings is 1. The van der Waals surface area contributed by atoms with Gasteiger partial charge in [0.25, 0.3) is 0 Å². The first-order valence-corrected chi connectivity index (χ1v) is 6.33. The molecule has 0 aromatic carbocycles. The van der Waals surface area contributed by atoms with Crippen molar-refractivity contribution >= 4 is 0 Å². The van der Waals surface area contributed by atoms with Crippen LogP contribution in [0.2, 0.25) is 0 Å². The maximum absolute atomic E-state index is 6.04. The van der Waals surface area contributed by atoms with Gasteiger partial charge in [-0.1, -0.05) is 0 Å². The normalized spacial score (nSPS) is 37.5. The first-order valence-electron chi connectivity index (χ1n) is 6.33. The molecular formula is C12H24N2O2. The lowest BCUT2D eigenvalue weighted by molar-refractivity contribution is -0.116. The summed E-state index contributed by atoms with van der Waals surface area (Å²) in [4.78, 5) is 2.30. The van der Waals surface area contributed by atoms with Crippen LogP contribution >= 0.6 is 0 Å². The van der Waals surface area contributed by atoms with Gasteiger partial charge in [-0.15, -0.1) is 0 Å². The van der Waals surface area contributed by atoms with Crippen LogP contribution in [0.3, 0.4) is 0 Å². The van der Waals surface area contributed by atoms with Gasteiger partial charge in [0.1, 0.15) is 0 Å². The summed E-state index contributed by atoms with van der Waals surface area (Å²) in [7, 11) is 2.14. The van der Waals surface area contributed by atoms with Crippen molar-refractivity contribution in [3.63, 3.8) is 0 Å². The molecule has 2 rings (SSSR count). The van der Waals surface area contributed by atoms with Crippen molar-refractivity contribution in [2.24, 2.45) is 0 Å².